The molecular formula is C18H32N4O. The molecule has 2 rings (SSSR count). The number of nitrogens with one attached hydrogen (secondary N) is 2. The molecule has 0 radical (unpaired) electrons. The largest absolute Gasteiger partial charge is 0.373 e. The minimum absolute atomic E-state index is 0.0634. The zero-order chi connectivity index (χ0) is 16.8. The molecule has 0 atom stereocenters. The molecule has 23 heavy (non-hydrogen) atoms. The molecule has 0 aromatic heterocycles. The number of terminal acetylenes is 1. The second kappa shape index (κ2) is 8.03. The van der Waals surface area contributed by atoms with Gasteiger partial charge in [0.15, 0.2) is 5.96 Å². The third kappa shape index (κ3) is 4.86. The molecule has 2 N–H and O–H groups in total. The first-order valence-corrected chi connectivity index (χ1v) is 8.78. The van der Waals surface area contributed by atoms with Crippen molar-refractivity contribution in [2.24, 2.45) is 4.99 Å². The smallest absolute Gasteiger partial charge is 0.191 e. The Bertz CT molecular complexity index is 446. The maximum Gasteiger partial charge on any atom is 0.191 e. The molecule has 130 valence electrons. The summed E-state index contributed by atoms with van der Waals surface area (Å²) in [7, 11) is 1.79. The van der Waals surface area contributed by atoms with Crippen LogP contribution >= 0.6 is 0 Å². The van der Waals surface area contributed by atoms with Crippen molar-refractivity contribution in [3.63, 3.8) is 0 Å². The van der Waals surface area contributed by atoms with Crippen LogP contribution in [0.15, 0.2) is 4.99 Å². The van der Waals surface area contributed by atoms with Crippen molar-refractivity contribution in [2.75, 3.05) is 39.8 Å². The van der Waals surface area contributed by atoms with Gasteiger partial charge in [0.25, 0.3) is 0 Å². The number of morpholine rings is 1. The van der Waals surface area contributed by atoms with E-state index in [9.17, 15) is 0 Å². The molecule has 0 amide bonds. The molecule has 1 aliphatic carbocycles. The van der Waals surface area contributed by atoms with Crippen molar-refractivity contribution >= 4 is 5.96 Å². The maximum absolute atomic E-state index is 5.91. The molecule has 0 spiro atoms. The van der Waals surface area contributed by atoms with Gasteiger partial charge in [0.2, 0.25) is 0 Å². The van der Waals surface area contributed by atoms with Gasteiger partial charge >= 0.3 is 0 Å². The van der Waals surface area contributed by atoms with Gasteiger partial charge in [0.1, 0.15) is 0 Å². The molecule has 5 heteroatoms. The third-order valence-electron chi connectivity index (χ3n) is 5.05. The lowest BCUT2D eigenvalue weighted by atomic mass is 9.79. The van der Waals surface area contributed by atoms with Gasteiger partial charge in [0.05, 0.1) is 18.8 Å². The average Bonchev–Trinajstić information content (AvgIpc) is 2.55. The first-order chi connectivity index (χ1) is 11.0. The van der Waals surface area contributed by atoms with Gasteiger partial charge in [-0.15, -0.1) is 6.42 Å². The zero-order valence-electron chi connectivity index (χ0n) is 15.0. The molecule has 1 saturated carbocycles. The Morgan fingerprint density at radius 3 is 2.61 bits per heavy atom. The molecule has 0 bridgehead atoms. The van der Waals surface area contributed by atoms with Crippen LogP contribution in [0.5, 0.6) is 0 Å². The van der Waals surface area contributed by atoms with Crippen LogP contribution in [0.3, 0.4) is 0 Å². The van der Waals surface area contributed by atoms with Crippen LogP contribution in [0.4, 0.5) is 0 Å². The molecule has 0 aromatic carbocycles. The number of hydrogen-bond donors (Lipinski definition) is 2. The summed E-state index contributed by atoms with van der Waals surface area (Å²) in [6, 6.07) is 0. The number of ether oxygens (including phenoxy) is 1. The molecule has 2 fully saturated rings. The fourth-order valence-corrected chi connectivity index (χ4v) is 3.84. The summed E-state index contributed by atoms with van der Waals surface area (Å²) in [6.45, 7) is 8.61. The number of nitrogens with zero attached hydrogens (tertiary/aromatic N) is 2. The molecule has 1 saturated heterocycles. The highest BCUT2D eigenvalue weighted by Crippen LogP contribution is 2.35. The molecular weight excluding hydrogens is 288 g/mol. The van der Waals surface area contributed by atoms with E-state index < -0.39 is 0 Å². The van der Waals surface area contributed by atoms with Crippen LogP contribution in [0, 0.1) is 12.3 Å². The van der Waals surface area contributed by atoms with E-state index in [1.54, 1.807) is 7.05 Å². The first kappa shape index (κ1) is 18.1. The quantitative estimate of drug-likeness (QED) is 0.469. The summed E-state index contributed by atoms with van der Waals surface area (Å²) in [5.74, 6) is 3.39. The van der Waals surface area contributed by atoms with Crippen LogP contribution in [0.1, 0.15) is 46.0 Å². The Morgan fingerprint density at radius 1 is 1.26 bits per heavy atom. The van der Waals surface area contributed by atoms with E-state index in [1.807, 2.05) is 0 Å². The van der Waals surface area contributed by atoms with Gasteiger partial charge in [-0.1, -0.05) is 25.2 Å². The zero-order valence-corrected chi connectivity index (χ0v) is 15.0. The highest BCUT2D eigenvalue weighted by Gasteiger charge is 2.42. The number of guanidine groups is 1. The molecule has 5 nitrogen and oxygen atoms in total. The van der Waals surface area contributed by atoms with Crippen molar-refractivity contribution in [3.05, 3.63) is 0 Å². The van der Waals surface area contributed by atoms with Crippen molar-refractivity contribution in [3.8, 4) is 12.3 Å². The second-order valence-corrected chi connectivity index (χ2v) is 7.30. The van der Waals surface area contributed by atoms with E-state index in [-0.39, 0.29) is 11.1 Å². The summed E-state index contributed by atoms with van der Waals surface area (Å²) >= 11 is 0. The van der Waals surface area contributed by atoms with E-state index in [2.05, 4.69) is 40.3 Å². The Kier molecular flexibility index (Phi) is 6.32. The number of aliphatic imine (C=N–C) groups is 1. The SMILES string of the molecule is C#CCNC(=NC)NCC1(N2CCOC(C)(C)C2)CCCCC1. The lowest BCUT2D eigenvalue weighted by Crippen LogP contribution is -2.63. The summed E-state index contributed by atoms with van der Waals surface area (Å²) < 4.78 is 5.91. The van der Waals surface area contributed by atoms with Crippen LogP contribution < -0.4 is 10.6 Å². The second-order valence-electron chi connectivity index (χ2n) is 7.30. The summed E-state index contributed by atoms with van der Waals surface area (Å²) in [4.78, 5) is 6.92. The van der Waals surface area contributed by atoms with E-state index in [1.165, 1.54) is 32.1 Å². The Hall–Kier alpha value is -1.25. The predicted octanol–water partition coefficient (Wildman–Crippen LogP) is 1.60. The lowest BCUT2D eigenvalue weighted by Gasteiger charge is -2.51. The van der Waals surface area contributed by atoms with Crippen molar-refractivity contribution < 1.29 is 4.74 Å². The Morgan fingerprint density at radius 2 is 2.00 bits per heavy atom. The van der Waals surface area contributed by atoms with Gasteiger partial charge in [-0.3, -0.25) is 9.89 Å². The van der Waals surface area contributed by atoms with Gasteiger partial charge in [-0.2, -0.15) is 0 Å². The molecule has 0 aromatic rings. The molecule has 0 unspecified atom stereocenters. The van der Waals surface area contributed by atoms with E-state index in [0.29, 0.717) is 6.54 Å². The van der Waals surface area contributed by atoms with E-state index in [0.717, 1.165) is 32.2 Å². The standard InChI is InChI=1S/C18H32N4O/c1-5-11-20-16(19-4)21-14-18(9-7-6-8-10-18)22-12-13-23-17(2,3)15-22/h1H,6-15H2,2-4H3,(H2,19,20,21). The van der Waals surface area contributed by atoms with Crippen molar-refractivity contribution in [1.29, 1.82) is 0 Å². The third-order valence-corrected chi connectivity index (χ3v) is 5.05. The Labute approximate surface area is 141 Å². The summed E-state index contributed by atoms with van der Waals surface area (Å²) in [6.07, 6.45) is 11.8. The van der Waals surface area contributed by atoms with Crippen LogP contribution in [-0.2, 0) is 4.74 Å². The van der Waals surface area contributed by atoms with Crippen molar-refractivity contribution in [1.82, 2.24) is 15.5 Å². The number of hydrogen-bond acceptors (Lipinski definition) is 3. The number of rotatable bonds is 4. The normalized spacial score (nSPS) is 24.7. The minimum Gasteiger partial charge on any atom is -0.373 e. The molecule has 1 aliphatic heterocycles. The highest BCUT2D eigenvalue weighted by molar-refractivity contribution is 5.79. The van der Waals surface area contributed by atoms with Crippen LogP contribution in [0.25, 0.3) is 0 Å². The van der Waals surface area contributed by atoms with Gasteiger partial charge in [-0.05, 0) is 26.7 Å². The topological polar surface area (TPSA) is 48.9 Å². The van der Waals surface area contributed by atoms with E-state index >= 15 is 0 Å². The first-order valence-electron chi connectivity index (χ1n) is 8.78. The van der Waals surface area contributed by atoms with Crippen molar-refractivity contribution in [2.45, 2.75) is 57.1 Å². The summed E-state index contributed by atoms with van der Waals surface area (Å²) in [5, 5.41) is 6.65. The van der Waals surface area contributed by atoms with Crippen LogP contribution in [0.2, 0.25) is 0 Å². The fourth-order valence-electron chi connectivity index (χ4n) is 3.84. The highest BCUT2D eigenvalue weighted by atomic mass is 16.5. The minimum atomic E-state index is -0.0634. The lowest BCUT2D eigenvalue weighted by molar-refractivity contribution is -0.122. The monoisotopic (exact) mass is 320 g/mol. The predicted molar refractivity (Wildman–Crippen MR) is 95.6 cm³/mol. The van der Waals surface area contributed by atoms with Crippen LogP contribution in [-0.4, -0.2) is 61.8 Å². The van der Waals surface area contributed by atoms with Gasteiger partial charge in [0, 0.05) is 32.2 Å². The average molecular weight is 320 g/mol. The fraction of sp³-hybridized carbons (Fsp3) is 0.833. The molecule has 2 aliphatic rings. The maximum atomic E-state index is 5.91. The summed E-state index contributed by atoms with van der Waals surface area (Å²) in [5.41, 5.74) is 0.138. The van der Waals surface area contributed by atoms with Gasteiger partial charge < -0.3 is 15.4 Å². The van der Waals surface area contributed by atoms with Gasteiger partial charge in [-0.25, -0.2) is 0 Å². The Balaban J connectivity index is 2.05. The molecule has 1 heterocycles. The van der Waals surface area contributed by atoms with E-state index in [4.69, 9.17) is 11.2 Å².